The van der Waals surface area contributed by atoms with E-state index in [1.165, 1.54) is 109 Å². The Morgan fingerprint density at radius 3 is 1.38 bits per heavy atom. The van der Waals surface area contributed by atoms with Crippen molar-refractivity contribution in [1.29, 1.82) is 0 Å². The maximum atomic E-state index is 12.7. The number of unbranched alkanes of at least 4 members (excludes halogenated alkanes) is 21. The lowest BCUT2D eigenvalue weighted by Crippen LogP contribution is -2.37. The van der Waals surface area contributed by atoms with E-state index in [1.807, 2.05) is 21.1 Å². The molecule has 0 rings (SSSR count). The van der Waals surface area contributed by atoms with E-state index < -0.39 is 13.9 Å². The molecule has 0 heterocycles. The van der Waals surface area contributed by atoms with Gasteiger partial charge >= 0.3 is 5.97 Å². The fraction of sp³-hybridized carbons (Fsp3) is 0.759. The highest BCUT2D eigenvalue weighted by Crippen LogP contribution is 2.38. The van der Waals surface area contributed by atoms with Crippen molar-refractivity contribution >= 4 is 13.8 Å². The summed E-state index contributed by atoms with van der Waals surface area (Å²) in [6.07, 6.45) is 60.7. The summed E-state index contributed by atoms with van der Waals surface area (Å²) in [5.74, 6) is -0.358. The van der Waals surface area contributed by atoms with Gasteiger partial charge in [0.25, 0.3) is 7.82 Å². The van der Waals surface area contributed by atoms with Crippen LogP contribution in [0.3, 0.4) is 0 Å². The fourth-order valence-electron chi connectivity index (χ4n) is 6.80. The second-order valence-corrected chi connectivity index (χ2v) is 19.6. The molecule has 2 atom stereocenters. The molecule has 0 aliphatic carbocycles. The predicted octanol–water partition coefficient (Wildman–Crippen LogP) is 15.2. The quantitative estimate of drug-likeness (QED) is 0.0197. The predicted molar refractivity (Wildman–Crippen MR) is 268 cm³/mol. The van der Waals surface area contributed by atoms with Crippen molar-refractivity contribution in [1.82, 2.24) is 0 Å². The van der Waals surface area contributed by atoms with Crippen molar-refractivity contribution < 1.29 is 37.3 Å². The van der Waals surface area contributed by atoms with Crippen LogP contribution in [0.5, 0.6) is 0 Å². The molecule has 8 nitrogen and oxygen atoms in total. The lowest BCUT2D eigenvalue weighted by molar-refractivity contribution is -0.870. The van der Waals surface area contributed by atoms with Crippen LogP contribution < -0.4 is 4.89 Å². The molecular weight excluding hydrogens is 806 g/mol. The van der Waals surface area contributed by atoms with Gasteiger partial charge in [-0.1, -0.05) is 189 Å². The normalized spacial score (nSPS) is 14.2. The Bertz CT molecular complexity index is 1230. The molecule has 9 heteroatoms. The Labute approximate surface area is 389 Å². The van der Waals surface area contributed by atoms with Gasteiger partial charge in [-0.3, -0.25) is 9.36 Å². The van der Waals surface area contributed by atoms with Crippen molar-refractivity contribution in [2.45, 2.75) is 213 Å². The number of hydrogen-bond donors (Lipinski definition) is 0. The van der Waals surface area contributed by atoms with Gasteiger partial charge in [-0.2, -0.15) is 0 Å². The number of phosphoric ester groups is 1. The van der Waals surface area contributed by atoms with E-state index in [9.17, 15) is 14.3 Å². The minimum atomic E-state index is -4.54. The Morgan fingerprint density at radius 1 is 0.508 bits per heavy atom. The number of hydrogen-bond acceptors (Lipinski definition) is 7. The maximum absolute atomic E-state index is 12.7. The minimum Gasteiger partial charge on any atom is -0.756 e. The number of rotatable bonds is 47. The van der Waals surface area contributed by atoms with Crippen LogP contribution in [-0.2, 0) is 27.9 Å². The molecule has 0 radical (unpaired) electrons. The summed E-state index contributed by atoms with van der Waals surface area (Å²) < 4.78 is 34.7. The fourth-order valence-corrected chi connectivity index (χ4v) is 7.53. The molecule has 0 saturated carbocycles. The number of quaternary nitrogens is 1. The van der Waals surface area contributed by atoms with Crippen LogP contribution in [0.2, 0.25) is 0 Å². The van der Waals surface area contributed by atoms with Gasteiger partial charge in [-0.15, -0.1) is 0 Å². The first-order valence-electron chi connectivity index (χ1n) is 25.7. The van der Waals surface area contributed by atoms with E-state index in [0.29, 0.717) is 17.6 Å². The SMILES string of the molecule is CC/C=C\C/C=C\C/C=C\C/C=C\CCCCCCC(=O)OC(COCCCCCCCCCCCCCC/C=C\C/C=C\CCCCCCC)COP(=O)([O-])OCC[N+](C)(C)C. The van der Waals surface area contributed by atoms with E-state index in [4.69, 9.17) is 18.5 Å². The van der Waals surface area contributed by atoms with Crippen molar-refractivity contribution in [2.75, 3.05) is 54.1 Å². The summed E-state index contributed by atoms with van der Waals surface area (Å²) in [6, 6.07) is 0. The summed E-state index contributed by atoms with van der Waals surface area (Å²) in [5.41, 5.74) is 0. The smallest absolute Gasteiger partial charge is 0.306 e. The lowest BCUT2D eigenvalue weighted by atomic mass is 10.0. The molecule has 0 spiro atoms. The van der Waals surface area contributed by atoms with Gasteiger partial charge in [0, 0.05) is 13.0 Å². The van der Waals surface area contributed by atoms with E-state index in [1.54, 1.807) is 0 Å². The Kier molecular flexibility index (Phi) is 44.9. The summed E-state index contributed by atoms with van der Waals surface area (Å²) in [5, 5.41) is 0. The molecule has 0 aliphatic heterocycles. The van der Waals surface area contributed by atoms with E-state index in [-0.39, 0.29) is 32.2 Å². The number of allylic oxidation sites excluding steroid dienone is 12. The zero-order valence-corrected chi connectivity index (χ0v) is 42.4. The second kappa shape index (κ2) is 46.5. The topological polar surface area (TPSA) is 94.1 Å². The number of nitrogens with zero attached hydrogens (tertiary/aromatic N) is 1. The number of carbonyl (C=O) groups excluding carboxylic acids is 1. The average Bonchev–Trinajstić information content (AvgIpc) is 3.24. The van der Waals surface area contributed by atoms with Gasteiger partial charge in [0.2, 0.25) is 0 Å². The minimum absolute atomic E-state index is 0.0177. The molecule has 0 N–H and O–H groups in total. The lowest BCUT2D eigenvalue weighted by Gasteiger charge is -2.28. The molecule has 2 unspecified atom stereocenters. The Balaban J connectivity index is 4.16. The maximum Gasteiger partial charge on any atom is 0.306 e. The van der Waals surface area contributed by atoms with Gasteiger partial charge < -0.3 is 27.9 Å². The number of carbonyl (C=O) groups is 1. The van der Waals surface area contributed by atoms with Crippen LogP contribution >= 0.6 is 7.82 Å². The highest BCUT2D eigenvalue weighted by Gasteiger charge is 2.20. The number of phosphoric acid groups is 1. The van der Waals surface area contributed by atoms with Gasteiger partial charge in [0.05, 0.1) is 34.4 Å². The third-order valence-corrected chi connectivity index (χ3v) is 11.7. The monoisotopic (exact) mass is 904 g/mol. The van der Waals surface area contributed by atoms with Crippen LogP contribution in [-0.4, -0.2) is 70.7 Å². The number of likely N-dealkylation sites (N-methyl/N-ethyl adjacent to an activating group) is 1. The molecule has 63 heavy (non-hydrogen) atoms. The van der Waals surface area contributed by atoms with Crippen LogP contribution in [0.15, 0.2) is 72.9 Å². The summed E-state index contributed by atoms with van der Waals surface area (Å²) in [4.78, 5) is 25.2. The first kappa shape index (κ1) is 60.9. The molecular formula is C54H98NO7P. The van der Waals surface area contributed by atoms with Crippen molar-refractivity contribution in [3.8, 4) is 0 Å². The average molecular weight is 904 g/mol. The van der Waals surface area contributed by atoms with E-state index >= 15 is 0 Å². The second-order valence-electron chi connectivity index (χ2n) is 18.1. The van der Waals surface area contributed by atoms with Crippen molar-refractivity contribution in [3.05, 3.63) is 72.9 Å². The molecule has 0 amide bonds. The molecule has 0 saturated heterocycles. The molecule has 0 fully saturated rings. The summed E-state index contributed by atoms with van der Waals surface area (Å²) in [6.45, 7) is 5.25. The Morgan fingerprint density at radius 2 is 0.921 bits per heavy atom. The molecule has 0 bridgehead atoms. The van der Waals surface area contributed by atoms with Gasteiger partial charge in [0.1, 0.15) is 19.3 Å². The molecule has 0 aliphatic rings. The Hall–Kier alpha value is -2.06. The summed E-state index contributed by atoms with van der Waals surface area (Å²) >= 11 is 0. The third kappa shape index (κ3) is 50.8. The highest BCUT2D eigenvalue weighted by atomic mass is 31.2. The first-order chi connectivity index (χ1) is 30.6. The van der Waals surface area contributed by atoms with Crippen molar-refractivity contribution in [3.63, 3.8) is 0 Å². The van der Waals surface area contributed by atoms with Crippen molar-refractivity contribution in [2.24, 2.45) is 0 Å². The number of ether oxygens (including phenoxy) is 2. The molecule has 366 valence electrons. The molecule has 0 aromatic carbocycles. The van der Waals surface area contributed by atoms with Crippen LogP contribution in [0.4, 0.5) is 0 Å². The van der Waals surface area contributed by atoms with Gasteiger partial charge in [-0.05, 0) is 83.5 Å². The largest absolute Gasteiger partial charge is 0.756 e. The molecule has 0 aromatic heterocycles. The number of esters is 1. The standard InChI is InChI=1S/C54H98NO7P/c1-6-8-10-12-14-16-18-20-22-24-25-26-27-28-29-30-32-34-36-38-40-42-44-46-49-59-51-53(52-61-63(57,58)60-50-48-55(3,4)5)62-54(56)47-45-43-41-39-37-35-33-31-23-21-19-17-15-13-11-9-7-2/h9,11,15,17-18,20-21,23-25,33,35,53H,6-8,10,12-14,16,19,22,26-32,34,36-52H2,1-5H3/b11-9-,17-15-,20-18-,23-21-,25-24-,35-33-. The molecule has 0 aromatic rings. The van der Waals surface area contributed by atoms with Crippen LogP contribution in [0.25, 0.3) is 0 Å². The van der Waals surface area contributed by atoms with Gasteiger partial charge in [-0.25, -0.2) is 0 Å². The zero-order chi connectivity index (χ0) is 46.2. The third-order valence-electron chi connectivity index (χ3n) is 10.7. The van der Waals surface area contributed by atoms with Gasteiger partial charge in [0.15, 0.2) is 0 Å². The first-order valence-corrected chi connectivity index (χ1v) is 27.1. The van der Waals surface area contributed by atoms with E-state index in [0.717, 1.165) is 77.0 Å². The summed E-state index contributed by atoms with van der Waals surface area (Å²) in [7, 11) is 1.33. The zero-order valence-electron chi connectivity index (χ0n) is 41.5. The van der Waals surface area contributed by atoms with E-state index in [2.05, 4.69) is 86.8 Å². The highest BCUT2D eigenvalue weighted by molar-refractivity contribution is 7.45. The van der Waals surface area contributed by atoms with Crippen LogP contribution in [0, 0.1) is 0 Å². The van der Waals surface area contributed by atoms with Crippen LogP contribution in [0.1, 0.15) is 206 Å².